The van der Waals surface area contributed by atoms with Gasteiger partial charge in [-0.3, -0.25) is 0 Å². The van der Waals surface area contributed by atoms with Gasteiger partial charge in [0.2, 0.25) is 10.0 Å². The minimum absolute atomic E-state index is 0.0537. The van der Waals surface area contributed by atoms with Gasteiger partial charge in [-0.05, 0) is 18.2 Å². The van der Waals surface area contributed by atoms with Crippen LogP contribution in [0.2, 0.25) is 0 Å². The molecule has 2 aromatic rings. The lowest BCUT2D eigenvalue weighted by Crippen LogP contribution is -2.15. The van der Waals surface area contributed by atoms with Crippen molar-refractivity contribution in [1.82, 2.24) is 5.16 Å². The number of hydrogen-bond acceptors (Lipinski definition) is 6. The van der Waals surface area contributed by atoms with E-state index in [9.17, 15) is 8.42 Å². The van der Waals surface area contributed by atoms with Gasteiger partial charge in [0.25, 0.3) is 0 Å². The van der Waals surface area contributed by atoms with Gasteiger partial charge in [0.05, 0.1) is 18.4 Å². The molecule has 5 N–H and O–H groups in total. The van der Waals surface area contributed by atoms with Gasteiger partial charge in [-0.1, -0.05) is 5.16 Å². The fourth-order valence-corrected chi connectivity index (χ4v) is 2.18. The van der Waals surface area contributed by atoms with Crippen LogP contribution >= 0.6 is 0 Å². The standard InChI is InChI=1S/C10H12N4O3S/c11-7-1-2-9(10(5-7)18(12,15)16)13-6-8-3-4-14-17-8/h1-5,13H,6,11H2,(H2,12,15,16). The van der Waals surface area contributed by atoms with Crippen molar-refractivity contribution in [3.63, 3.8) is 0 Å². The molecule has 0 atom stereocenters. The Balaban J connectivity index is 2.27. The fraction of sp³-hybridized carbons (Fsp3) is 0.100. The van der Waals surface area contributed by atoms with Crippen LogP contribution < -0.4 is 16.2 Å². The van der Waals surface area contributed by atoms with Crippen molar-refractivity contribution < 1.29 is 12.9 Å². The van der Waals surface area contributed by atoms with Crippen molar-refractivity contribution in [3.05, 3.63) is 36.2 Å². The van der Waals surface area contributed by atoms with Crippen LogP contribution in [0.1, 0.15) is 5.76 Å². The molecule has 1 aromatic carbocycles. The summed E-state index contributed by atoms with van der Waals surface area (Å²) in [4.78, 5) is -0.0537. The Hall–Kier alpha value is -2.06. The van der Waals surface area contributed by atoms with Crippen molar-refractivity contribution in [2.75, 3.05) is 11.1 Å². The Bertz CT molecular complexity index is 637. The molecule has 18 heavy (non-hydrogen) atoms. The van der Waals surface area contributed by atoms with Crippen molar-refractivity contribution in [2.24, 2.45) is 5.14 Å². The highest BCUT2D eigenvalue weighted by molar-refractivity contribution is 7.89. The maximum absolute atomic E-state index is 11.4. The summed E-state index contributed by atoms with van der Waals surface area (Å²) in [5, 5.41) is 11.6. The summed E-state index contributed by atoms with van der Waals surface area (Å²) in [7, 11) is -3.84. The van der Waals surface area contributed by atoms with Gasteiger partial charge in [0.1, 0.15) is 4.90 Å². The van der Waals surface area contributed by atoms with E-state index in [-0.39, 0.29) is 4.90 Å². The number of nitrogen functional groups attached to an aromatic ring is 1. The zero-order chi connectivity index (χ0) is 13.2. The number of aromatic nitrogens is 1. The van der Waals surface area contributed by atoms with Crippen molar-refractivity contribution >= 4 is 21.4 Å². The van der Waals surface area contributed by atoms with E-state index in [2.05, 4.69) is 10.5 Å². The molecule has 1 aromatic heterocycles. The molecule has 0 radical (unpaired) electrons. The molecular formula is C10H12N4O3S. The van der Waals surface area contributed by atoms with E-state index in [1.165, 1.54) is 12.3 Å². The third kappa shape index (κ3) is 2.79. The van der Waals surface area contributed by atoms with Crippen molar-refractivity contribution in [1.29, 1.82) is 0 Å². The molecule has 0 aliphatic heterocycles. The van der Waals surface area contributed by atoms with E-state index in [0.717, 1.165) is 0 Å². The van der Waals surface area contributed by atoms with Crippen LogP contribution in [0.3, 0.4) is 0 Å². The molecule has 96 valence electrons. The fourth-order valence-electron chi connectivity index (χ4n) is 1.44. The number of sulfonamides is 1. The quantitative estimate of drug-likeness (QED) is 0.694. The first kappa shape index (κ1) is 12.4. The van der Waals surface area contributed by atoms with Crippen molar-refractivity contribution in [2.45, 2.75) is 11.4 Å². The van der Waals surface area contributed by atoms with Crippen molar-refractivity contribution in [3.8, 4) is 0 Å². The summed E-state index contributed by atoms with van der Waals surface area (Å²) in [6, 6.07) is 6.10. The molecule has 2 rings (SSSR count). The first-order valence-electron chi connectivity index (χ1n) is 5.02. The normalized spacial score (nSPS) is 11.4. The van der Waals surface area contributed by atoms with Crippen LogP contribution in [0, 0.1) is 0 Å². The zero-order valence-electron chi connectivity index (χ0n) is 9.33. The molecule has 0 amide bonds. The minimum atomic E-state index is -3.84. The molecule has 0 saturated heterocycles. The summed E-state index contributed by atoms with van der Waals surface area (Å²) in [5.74, 6) is 0.576. The third-order valence-electron chi connectivity index (χ3n) is 2.26. The Morgan fingerprint density at radius 1 is 1.33 bits per heavy atom. The molecule has 0 aliphatic carbocycles. The average molecular weight is 268 g/mol. The molecule has 8 heteroatoms. The highest BCUT2D eigenvalue weighted by Crippen LogP contribution is 2.23. The maximum atomic E-state index is 11.4. The number of nitrogens with two attached hydrogens (primary N) is 2. The zero-order valence-corrected chi connectivity index (χ0v) is 10.1. The van der Waals surface area contributed by atoms with E-state index < -0.39 is 10.0 Å². The number of hydrogen-bond donors (Lipinski definition) is 3. The highest BCUT2D eigenvalue weighted by Gasteiger charge is 2.14. The molecule has 0 bridgehead atoms. The highest BCUT2D eigenvalue weighted by atomic mass is 32.2. The molecule has 0 saturated carbocycles. The molecule has 0 unspecified atom stereocenters. The number of primary sulfonamides is 1. The lowest BCUT2D eigenvalue weighted by atomic mass is 10.3. The molecule has 7 nitrogen and oxygen atoms in total. The summed E-state index contributed by atoms with van der Waals surface area (Å²) in [6.07, 6.45) is 1.50. The minimum Gasteiger partial charge on any atom is -0.399 e. The number of nitrogens with zero attached hydrogens (tertiary/aromatic N) is 1. The van der Waals surface area contributed by atoms with Gasteiger partial charge in [-0.15, -0.1) is 0 Å². The predicted molar refractivity (Wildman–Crippen MR) is 66.1 cm³/mol. The monoisotopic (exact) mass is 268 g/mol. The number of nitrogens with one attached hydrogen (secondary N) is 1. The molecule has 0 aliphatic rings. The van der Waals surface area contributed by atoms with Gasteiger partial charge >= 0.3 is 0 Å². The van der Waals surface area contributed by atoms with Gasteiger partial charge in [0.15, 0.2) is 5.76 Å². The van der Waals surface area contributed by atoms with E-state index in [4.69, 9.17) is 15.4 Å². The lowest BCUT2D eigenvalue weighted by Gasteiger charge is -2.10. The van der Waals surface area contributed by atoms with Crippen LogP contribution in [0.15, 0.2) is 39.9 Å². The summed E-state index contributed by atoms with van der Waals surface area (Å²) in [6.45, 7) is 0.298. The Morgan fingerprint density at radius 3 is 2.72 bits per heavy atom. The Labute approximate surface area is 104 Å². The predicted octanol–water partition coefficient (Wildman–Crippen LogP) is 0.516. The molecular weight excluding hydrogens is 256 g/mol. The van der Waals surface area contributed by atoms with E-state index in [0.29, 0.717) is 23.7 Å². The molecule has 0 spiro atoms. The molecule has 1 heterocycles. The summed E-state index contributed by atoms with van der Waals surface area (Å²) in [5.41, 5.74) is 6.23. The Kier molecular flexibility index (Phi) is 3.21. The van der Waals surface area contributed by atoms with E-state index >= 15 is 0 Å². The van der Waals surface area contributed by atoms with Gasteiger partial charge in [-0.2, -0.15) is 0 Å². The van der Waals surface area contributed by atoms with Gasteiger partial charge < -0.3 is 15.6 Å². The SMILES string of the molecule is Nc1ccc(NCc2ccno2)c(S(N)(=O)=O)c1. The first-order chi connectivity index (χ1) is 8.47. The summed E-state index contributed by atoms with van der Waals surface area (Å²) >= 11 is 0. The third-order valence-corrected chi connectivity index (χ3v) is 3.21. The first-order valence-corrected chi connectivity index (χ1v) is 6.57. The van der Waals surface area contributed by atoms with E-state index in [1.807, 2.05) is 0 Å². The number of rotatable bonds is 4. The second-order valence-electron chi connectivity index (χ2n) is 3.63. The summed E-state index contributed by atoms with van der Waals surface area (Å²) < 4.78 is 27.7. The second-order valence-corrected chi connectivity index (χ2v) is 5.16. The Morgan fingerprint density at radius 2 is 2.11 bits per heavy atom. The van der Waals surface area contributed by atoms with Crippen LogP contribution in [0.5, 0.6) is 0 Å². The average Bonchev–Trinajstić information content (AvgIpc) is 2.79. The second kappa shape index (κ2) is 4.67. The lowest BCUT2D eigenvalue weighted by molar-refractivity contribution is 0.388. The smallest absolute Gasteiger partial charge is 0.240 e. The topological polar surface area (TPSA) is 124 Å². The van der Waals surface area contributed by atoms with E-state index in [1.54, 1.807) is 18.2 Å². The maximum Gasteiger partial charge on any atom is 0.240 e. The largest absolute Gasteiger partial charge is 0.399 e. The number of benzene rings is 1. The van der Waals surface area contributed by atoms with Gasteiger partial charge in [-0.25, -0.2) is 13.6 Å². The van der Waals surface area contributed by atoms with Crippen LogP contribution in [-0.2, 0) is 16.6 Å². The van der Waals surface area contributed by atoms with Gasteiger partial charge in [0, 0.05) is 11.8 Å². The molecule has 0 fully saturated rings. The van der Waals surface area contributed by atoms with Crippen LogP contribution in [-0.4, -0.2) is 13.6 Å². The van der Waals surface area contributed by atoms with Crippen LogP contribution in [0.4, 0.5) is 11.4 Å². The van der Waals surface area contributed by atoms with Crippen LogP contribution in [0.25, 0.3) is 0 Å². The number of anilines is 2.